The molecular weight excluding hydrogens is 187 g/mol. The van der Waals surface area contributed by atoms with E-state index in [-0.39, 0.29) is 116 Å². The summed E-state index contributed by atoms with van der Waals surface area (Å²) in [7, 11) is 0. The maximum atomic E-state index is 0. The zero-order valence-corrected chi connectivity index (χ0v) is 10.2. The largest absolute Gasteiger partial charge is 2.00 e. The van der Waals surface area contributed by atoms with Crippen molar-refractivity contribution in [3.63, 3.8) is 0 Å². The molecule has 26 valence electrons. The van der Waals surface area contributed by atoms with Crippen molar-refractivity contribution in [2.24, 2.45) is 0 Å². The number of rotatable bonds is 0. The molecule has 0 spiro atoms. The Hall–Kier alpha value is 3.21. The molecule has 0 aromatic heterocycles. The second-order valence-electron chi connectivity index (χ2n) is 0. The molecule has 0 atom stereocenters. The predicted octanol–water partition coefficient (Wildman–Crippen LogP) is -4.69. The van der Waals surface area contributed by atoms with E-state index in [0.717, 1.165) is 0 Å². The zero-order valence-electron chi connectivity index (χ0n) is 6.21. The summed E-state index contributed by atoms with van der Waals surface area (Å²) in [5, 5.41) is 0. The van der Waals surface area contributed by atoms with Crippen LogP contribution in [-0.4, -0.2) is 34.0 Å². The van der Waals surface area contributed by atoms with Gasteiger partial charge in [0.15, 0.2) is 0 Å². The molecule has 0 amide bonds. The fourth-order valence-corrected chi connectivity index (χ4v) is 0. The second kappa shape index (κ2) is 27.0. The van der Waals surface area contributed by atoms with Crippen LogP contribution in [-0.2, 0) is 26.2 Å². The molecule has 0 unspecified atom stereocenters. The van der Waals surface area contributed by atoms with Crippen molar-refractivity contribution in [2.75, 3.05) is 0 Å². The fraction of sp³-hybridized carbons (Fsp3) is 0. The van der Waals surface area contributed by atoms with Crippen LogP contribution in [0.2, 0.25) is 0 Å². The van der Waals surface area contributed by atoms with Crippen molar-refractivity contribution in [3.05, 3.63) is 0 Å². The smallest absolute Gasteiger partial charge is 1.00 e. The first-order chi connectivity index (χ1) is 0. The summed E-state index contributed by atoms with van der Waals surface area (Å²) in [4.78, 5) is 0. The van der Waals surface area contributed by atoms with Gasteiger partial charge in [-0.05, 0) is 0 Å². The first-order valence-electron chi connectivity index (χ1n) is 0. The fourth-order valence-electron chi connectivity index (χ4n) is 0. The van der Waals surface area contributed by atoms with Crippen LogP contribution in [0.1, 0.15) is 4.28 Å². The summed E-state index contributed by atoms with van der Waals surface area (Å²) in [6.07, 6.45) is 0. The standard InChI is InChI=1S/K.Mg.2H2O.Zr.3H/h;;2*1H2;;;;/q+1;+2;;;;3*-1. The molecule has 0 rings (SSSR count). The predicted molar refractivity (Wildman–Crippen MR) is 16.3 cm³/mol. The molecule has 4 N–H and O–H groups in total. The zero-order chi connectivity index (χ0) is 0. The minimum atomic E-state index is 0. The van der Waals surface area contributed by atoms with Crippen LogP contribution < -0.4 is 51.4 Å². The van der Waals surface area contributed by atoms with Gasteiger partial charge in [-0.2, -0.15) is 0 Å². The molecule has 0 aromatic carbocycles. The van der Waals surface area contributed by atoms with Gasteiger partial charge in [-0.25, -0.2) is 0 Å². The van der Waals surface area contributed by atoms with E-state index in [1.54, 1.807) is 0 Å². The minimum Gasteiger partial charge on any atom is -1.00 e. The van der Waals surface area contributed by atoms with Crippen LogP contribution in [0, 0.1) is 0 Å². The van der Waals surface area contributed by atoms with Crippen molar-refractivity contribution in [2.45, 2.75) is 0 Å². The SMILES string of the molecule is O.O.[H-].[H-].[H-].[K+].[Mg+2].[Zr]. The average Bonchev–Trinajstić information content (AvgIpc) is 0. The molecule has 0 saturated heterocycles. The summed E-state index contributed by atoms with van der Waals surface area (Å²) in [5.41, 5.74) is 0. The van der Waals surface area contributed by atoms with Crippen molar-refractivity contribution in [1.29, 1.82) is 0 Å². The van der Waals surface area contributed by atoms with Gasteiger partial charge in [-0.15, -0.1) is 0 Å². The van der Waals surface area contributed by atoms with Crippen molar-refractivity contribution in [1.82, 2.24) is 0 Å². The van der Waals surface area contributed by atoms with Crippen LogP contribution >= 0.6 is 0 Å². The molecule has 0 aliphatic heterocycles. The van der Waals surface area contributed by atoms with Gasteiger partial charge in [0.1, 0.15) is 0 Å². The summed E-state index contributed by atoms with van der Waals surface area (Å²) >= 11 is 0. The maximum absolute atomic E-state index is 0. The summed E-state index contributed by atoms with van der Waals surface area (Å²) in [6, 6.07) is 0. The van der Waals surface area contributed by atoms with Crippen LogP contribution in [0.15, 0.2) is 0 Å². The van der Waals surface area contributed by atoms with E-state index in [0.29, 0.717) is 0 Å². The number of hydrogen-bond acceptors (Lipinski definition) is 0. The monoisotopic (exact) mass is 192 g/mol. The van der Waals surface area contributed by atoms with Gasteiger partial charge >= 0.3 is 74.4 Å². The van der Waals surface area contributed by atoms with Gasteiger partial charge in [0, 0.05) is 26.2 Å². The topological polar surface area (TPSA) is 63.0 Å². The second-order valence-corrected chi connectivity index (χ2v) is 0. The van der Waals surface area contributed by atoms with Crippen molar-refractivity contribution >= 4 is 23.1 Å². The third-order valence-corrected chi connectivity index (χ3v) is 0. The molecule has 0 heterocycles. The Kier molecular flexibility index (Phi) is 224. The van der Waals surface area contributed by atoms with Crippen molar-refractivity contribution < 1.29 is 92.8 Å². The Morgan fingerprint density at radius 3 is 1.00 bits per heavy atom. The molecule has 0 bridgehead atoms. The first-order valence-corrected chi connectivity index (χ1v) is 0. The van der Waals surface area contributed by atoms with Crippen LogP contribution in [0.25, 0.3) is 0 Å². The van der Waals surface area contributed by atoms with Crippen LogP contribution in [0.5, 0.6) is 0 Å². The maximum Gasteiger partial charge on any atom is 2.00 e. The van der Waals surface area contributed by atoms with Gasteiger partial charge in [-0.3, -0.25) is 0 Å². The first kappa shape index (κ1) is 41.5. The minimum absolute atomic E-state index is 0. The van der Waals surface area contributed by atoms with E-state index in [1.165, 1.54) is 0 Å². The molecular formula is H7KMgO2Zr. The van der Waals surface area contributed by atoms with Gasteiger partial charge in [0.05, 0.1) is 0 Å². The number of hydrogen-bond donors (Lipinski definition) is 0. The van der Waals surface area contributed by atoms with E-state index in [2.05, 4.69) is 0 Å². The molecule has 0 saturated carbocycles. The molecule has 0 radical (unpaired) electrons. The van der Waals surface area contributed by atoms with E-state index in [9.17, 15) is 0 Å². The average molecular weight is 194 g/mol. The molecule has 2 nitrogen and oxygen atoms in total. The van der Waals surface area contributed by atoms with Gasteiger partial charge in [0.2, 0.25) is 0 Å². The van der Waals surface area contributed by atoms with Crippen molar-refractivity contribution in [3.8, 4) is 0 Å². The third-order valence-electron chi connectivity index (χ3n) is 0. The van der Waals surface area contributed by atoms with Gasteiger partial charge in [0.25, 0.3) is 0 Å². The molecule has 5 heavy (non-hydrogen) atoms. The summed E-state index contributed by atoms with van der Waals surface area (Å²) in [6.45, 7) is 0. The quantitative estimate of drug-likeness (QED) is 0.347. The van der Waals surface area contributed by atoms with Crippen LogP contribution in [0.3, 0.4) is 0 Å². The Morgan fingerprint density at radius 1 is 1.00 bits per heavy atom. The summed E-state index contributed by atoms with van der Waals surface area (Å²) < 4.78 is 0. The van der Waals surface area contributed by atoms with E-state index in [4.69, 9.17) is 0 Å². The molecule has 0 aliphatic carbocycles. The van der Waals surface area contributed by atoms with E-state index >= 15 is 0 Å². The van der Waals surface area contributed by atoms with Crippen LogP contribution in [0.4, 0.5) is 0 Å². The third kappa shape index (κ3) is 19.0. The normalized spacial score (nSPS) is 0. The van der Waals surface area contributed by atoms with E-state index in [1.807, 2.05) is 0 Å². The Bertz CT molecular complexity index is 17.2. The molecule has 5 heteroatoms. The Morgan fingerprint density at radius 2 is 1.00 bits per heavy atom. The van der Waals surface area contributed by atoms with E-state index < -0.39 is 0 Å². The van der Waals surface area contributed by atoms with Gasteiger partial charge in [-0.1, -0.05) is 0 Å². The Labute approximate surface area is 113 Å². The molecule has 0 aromatic rings. The summed E-state index contributed by atoms with van der Waals surface area (Å²) in [5.74, 6) is 0. The molecule has 0 fully saturated rings. The molecule has 0 aliphatic rings. The van der Waals surface area contributed by atoms with Gasteiger partial charge < -0.3 is 15.2 Å². The Balaban J connectivity index is 0.